The maximum absolute atomic E-state index is 12.5. The van der Waals surface area contributed by atoms with Crippen LogP contribution in [0.15, 0.2) is 35.5 Å². The van der Waals surface area contributed by atoms with Crippen molar-refractivity contribution in [1.29, 1.82) is 0 Å². The lowest BCUT2D eigenvalue weighted by Crippen LogP contribution is -2.33. The number of tetrazole rings is 1. The number of rotatable bonds is 5. The molecule has 0 N–H and O–H groups in total. The van der Waals surface area contributed by atoms with Gasteiger partial charge in [0.05, 0.1) is 11.3 Å². The molecule has 0 aliphatic heterocycles. The van der Waals surface area contributed by atoms with Crippen LogP contribution in [0.5, 0.6) is 0 Å². The second-order valence-electron chi connectivity index (χ2n) is 5.13. The molecule has 1 amide bonds. The van der Waals surface area contributed by atoms with Crippen molar-refractivity contribution in [2.45, 2.75) is 36.2 Å². The summed E-state index contributed by atoms with van der Waals surface area (Å²) in [6, 6.07) is 10.0. The Hall–Kier alpha value is -1.89. The number of hydrogen-bond acceptors (Lipinski definition) is 5. The molecule has 2 aromatic rings. The number of carbonyl (C=O) groups is 1. The minimum absolute atomic E-state index is 0.0385. The van der Waals surface area contributed by atoms with E-state index in [1.54, 1.807) is 11.9 Å². The van der Waals surface area contributed by atoms with Gasteiger partial charge in [0.1, 0.15) is 0 Å². The third-order valence-corrected chi connectivity index (χ3v) is 4.49. The Morgan fingerprint density at radius 2 is 2.10 bits per heavy atom. The fraction of sp³-hybridized carbons (Fsp3) is 0.429. The Kier molecular flexibility index (Phi) is 3.92. The van der Waals surface area contributed by atoms with Gasteiger partial charge in [-0.2, -0.15) is 0 Å². The van der Waals surface area contributed by atoms with Crippen molar-refractivity contribution in [3.8, 4) is 0 Å². The highest BCUT2D eigenvalue weighted by atomic mass is 32.2. The van der Waals surface area contributed by atoms with Crippen LogP contribution in [-0.4, -0.2) is 38.4 Å². The van der Waals surface area contributed by atoms with Gasteiger partial charge in [-0.25, -0.2) is 4.68 Å². The SMILES string of the molecule is CC(Sc1nnnn1C1CC1)C(=O)N(C)c1ccccc1. The zero-order valence-corrected chi connectivity index (χ0v) is 12.8. The monoisotopic (exact) mass is 303 g/mol. The average Bonchev–Trinajstić information content (AvgIpc) is 3.26. The first kappa shape index (κ1) is 14.1. The predicted octanol–water partition coefficient (Wildman–Crippen LogP) is 2.15. The van der Waals surface area contributed by atoms with Crippen LogP contribution in [0.3, 0.4) is 0 Å². The molecule has 7 heteroatoms. The maximum Gasteiger partial charge on any atom is 0.240 e. The van der Waals surface area contributed by atoms with Gasteiger partial charge in [0.25, 0.3) is 0 Å². The first-order valence-electron chi connectivity index (χ1n) is 6.94. The molecule has 0 saturated heterocycles. The lowest BCUT2D eigenvalue weighted by Gasteiger charge is -2.20. The molecule has 1 aliphatic carbocycles. The average molecular weight is 303 g/mol. The summed E-state index contributed by atoms with van der Waals surface area (Å²) >= 11 is 1.41. The highest BCUT2D eigenvalue weighted by Crippen LogP contribution is 2.37. The molecule has 1 aromatic heterocycles. The third kappa shape index (κ3) is 3.07. The Labute approximate surface area is 127 Å². The second-order valence-corrected chi connectivity index (χ2v) is 6.44. The molecular weight excluding hydrogens is 286 g/mol. The van der Waals surface area contributed by atoms with Gasteiger partial charge < -0.3 is 4.90 Å². The highest BCUT2D eigenvalue weighted by Gasteiger charge is 2.30. The van der Waals surface area contributed by atoms with Gasteiger partial charge >= 0.3 is 0 Å². The van der Waals surface area contributed by atoms with Gasteiger partial charge in [-0.15, -0.1) is 5.10 Å². The van der Waals surface area contributed by atoms with Crippen molar-refractivity contribution in [3.05, 3.63) is 30.3 Å². The Morgan fingerprint density at radius 1 is 1.38 bits per heavy atom. The molecule has 1 fully saturated rings. The summed E-state index contributed by atoms with van der Waals surface area (Å²) in [5, 5.41) is 12.2. The van der Waals surface area contributed by atoms with Gasteiger partial charge in [0, 0.05) is 12.7 Å². The molecule has 3 rings (SSSR count). The topological polar surface area (TPSA) is 63.9 Å². The van der Waals surface area contributed by atoms with E-state index in [1.807, 2.05) is 41.9 Å². The first-order valence-corrected chi connectivity index (χ1v) is 7.82. The molecule has 6 nitrogen and oxygen atoms in total. The molecule has 1 unspecified atom stereocenters. The first-order chi connectivity index (χ1) is 10.2. The van der Waals surface area contributed by atoms with E-state index in [2.05, 4.69) is 15.5 Å². The van der Waals surface area contributed by atoms with E-state index in [1.165, 1.54) is 11.8 Å². The Morgan fingerprint density at radius 3 is 2.76 bits per heavy atom. The summed E-state index contributed by atoms with van der Waals surface area (Å²) in [6.45, 7) is 1.89. The second kappa shape index (κ2) is 5.85. The van der Waals surface area contributed by atoms with Crippen LogP contribution >= 0.6 is 11.8 Å². The molecule has 0 bridgehead atoms. The van der Waals surface area contributed by atoms with Crippen LogP contribution in [0.4, 0.5) is 5.69 Å². The minimum Gasteiger partial charge on any atom is -0.315 e. The lowest BCUT2D eigenvalue weighted by atomic mass is 10.3. The molecule has 1 heterocycles. The summed E-state index contributed by atoms with van der Waals surface area (Å²) < 4.78 is 1.83. The van der Waals surface area contributed by atoms with Crippen molar-refractivity contribution in [1.82, 2.24) is 20.2 Å². The smallest absolute Gasteiger partial charge is 0.240 e. The summed E-state index contributed by atoms with van der Waals surface area (Å²) in [5.74, 6) is 0.0385. The van der Waals surface area contributed by atoms with E-state index in [0.717, 1.165) is 23.7 Å². The van der Waals surface area contributed by atoms with E-state index < -0.39 is 0 Å². The quantitative estimate of drug-likeness (QED) is 0.792. The fourth-order valence-electron chi connectivity index (χ4n) is 2.07. The van der Waals surface area contributed by atoms with Crippen molar-refractivity contribution >= 4 is 23.4 Å². The number of anilines is 1. The lowest BCUT2D eigenvalue weighted by molar-refractivity contribution is -0.117. The zero-order chi connectivity index (χ0) is 14.8. The zero-order valence-electron chi connectivity index (χ0n) is 12.0. The van der Waals surface area contributed by atoms with Gasteiger partial charge in [-0.3, -0.25) is 4.79 Å². The molecule has 1 atom stereocenters. The summed E-state index contributed by atoms with van der Waals surface area (Å²) in [5.41, 5.74) is 0.886. The van der Waals surface area contributed by atoms with Gasteiger partial charge in [-0.1, -0.05) is 30.0 Å². The van der Waals surface area contributed by atoms with Gasteiger partial charge in [0.15, 0.2) is 0 Å². The largest absolute Gasteiger partial charge is 0.315 e. The van der Waals surface area contributed by atoms with Crippen molar-refractivity contribution in [2.75, 3.05) is 11.9 Å². The van der Waals surface area contributed by atoms with E-state index >= 15 is 0 Å². The number of aromatic nitrogens is 4. The van der Waals surface area contributed by atoms with Crippen LogP contribution in [-0.2, 0) is 4.79 Å². The number of para-hydroxylation sites is 1. The van der Waals surface area contributed by atoms with E-state index in [0.29, 0.717) is 6.04 Å². The van der Waals surface area contributed by atoms with Crippen molar-refractivity contribution in [2.24, 2.45) is 0 Å². The molecule has 1 aliphatic rings. The van der Waals surface area contributed by atoms with Gasteiger partial charge in [-0.05, 0) is 42.3 Å². The highest BCUT2D eigenvalue weighted by molar-refractivity contribution is 8.00. The summed E-state index contributed by atoms with van der Waals surface area (Å²) in [7, 11) is 1.79. The van der Waals surface area contributed by atoms with Gasteiger partial charge in [0.2, 0.25) is 11.1 Å². The number of amides is 1. The van der Waals surface area contributed by atoms with E-state index in [-0.39, 0.29) is 11.2 Å². The predicted molar refractivity (Wildman–Crippen MR) is 81.3 cm³/mol. The molecule has 1 aromatic carbocycles. The summed E-state index contributed by atoms with van der Waals surface area (Å²) in [4.78, 5) is 14.2. The minimum atomic E-state index is -0.237. The molecular formula is C14H17N5OS. The van der Waals surface area contributed by atoms with Crippen molar-refractivity contribution in [3.63, 3.8) is 0 Å². The molecule has 0 spiro atoms. The Balaban J connectivity index is 1.68. The van der Waals surface area contributed by atoms with E-state index in [9.17, 15) is 4.79 Å². The Bertz CT molecular complexity index is 625. The molecule has 110 valence electrons. The summed E-state index contributed by atoms with van der Waals surface area (Å²) in [6.07, 6.45) is 2.23. The van der Waals surface area contributed by atoms with Crippen LogP contribution in [0.25, 0.3) is 0 Å². The standard InChI is InChI=1S/C14H17N5OS/c1-10(13(20)18(2)11-6-4-3-5-7-11)21-14-15-16-17-19(14)12-8-9-12/h3-7,10,12H,8-9H2,1-2H3. The number of benzene rings is 1. The number of carbonyl (C=O) groups excluding carboxylic acids is 1. The fourth-order valence-corrected chi connectivity index (χ4v) is 3.02. The number of nitrogens with zero attached hydrogens (tertiary/aromatic N) is 5. The van der Waals surface area contributed by atoms with Crippen LogP contribution in [0.1, 0.15) is 25.8 Å². The van der Waals surface area contributed by atoms with Crippen LogP contribution in [0, 0.1) is 0 Å². The normalized spacial score (nSPS) is 15.7. The molecule has 1 saturated carbocycles. The van der Waals surface area contributed by atoms with Crippen LogP contribution in [0.2, 0.25) is 0 Å². The number of thioether (sulfide) groups is 1. The van der Waals surface area contributed by atoms with Crippen molar-refractivity contribution < 1.29 is 4.79 Å². The van der Waals surface area contributed by atoms with Crippen LogP contribution < -0.4 is 4.90 Å². The molecule has 0 radical (unpaired) electrons. The maximum atomic E-state index is 12.5. The third-order valence-electron chi connectivity index (χ3n) is 3.46. The van der Waals surface area contributed by atoms with E-state index in [4.69, 9.17) is 0 Å². The number of hydrogen-bond donors (Lipinski definition) is 0. The molecule has 21 heavy (non-hydrogen) atoms.